The Morgan fingerprint density at radius 2 is 2.00 bits per heavy atom. The van der Waals surface area contributed by atoms with E-state index in [1.165, 1.54) is 6.07 Å². The minimum Gasteiger partial charge on any atom is -0.256 e. The van der Waals surface area contributed by atoms with Crippen LogP contribution in [0.4, 0.5) is 0 Å². The van der Waals surface area contributed by atoms with Crippen LogP contribution in [-0.4, -0.2) is 19.2 Å². The van der Waals surface area contributed by atoms with Crippen molar-refractivity contribution in [3.05, 3.63) is 23.0 Å². The second kappa shape index (κ2) is 3.99. The van der Waals surface area contributed by atoms with Gasteiger partial charge in [0.25, 0.3) is 0 Å². The van der Waals surface area contributed by atoms with Gasteiger partial charge in [0.05, 0.1) is 27.6 Å². The molecule has 80 valence electrons. The quantitative estimate of drug-likeness (QED) is 0.760. The standard InChI is InChI=1S/C10H12N2O2S/c1-4-15(13,14)10-5-9(6-11)7(2)12-8(10)3/h5H,4H2,1-3H3. The van der Waals surface area contributed by atoms with Crippen molar-refractivity contribution in [1.29, 1.82) is 5.26 Å². The Hall–Kier alpha value is -1.41. The van der Waals surface area contributed by atoms with Crippen LogP contribution in [0.15, 0.2) is 11.0 Å². The Morgan fingerprint density at radius 1 is 1.40 bits per heavy atom. The summed E-state index contributed by atoms with van der Waals surface area (Å²) in [7, 11) is -3.29. The van der Waals surface area contributed by atoms with Crippen LogP contribution in [-0.2, 0) is 9.84 Å². The third kappa shape index (κ3) is 2.16. The summed E-state index contributed by atoms with van der Waals surface area (Å²) in [4.78, 5) is 4.22. The molecule has 0 saturated heterocycles. The molecule has 1 aromatic rings. The van der Waals surface area contributed by atoms with E-state index in [4.69, 9.17) is 5.26 Å². The average Bonchev–Trinajstić information content (AvgIpc) is 2.17. The lowest BCUT2D eigenvalue weighted by atomic mass is 10.2. The fraction of sp³-hybridized carbons (Fsp3) is 0.400. The highest BCUT2D eigenvalue weighted by molar-refractivity contribution is 7.91. The van der Waals surface area contributed by atoms with E-state index in [2.05, 4.69) is 4.98 Å². The van der Waals surface area contributed by atoms with Crippen molar-refractivity contribution in [3.8, 4) is 6.07 Å². The second-order valence-corrected chi connectivity index (χ2v) is 5.47. The first-order valence-electron chi connectivity index (χ1n) is 4.53. The van der Waals surface area contributed by atoms with Crippen molar-refractivity contribution < 1.29 is 8.42 Å². The summed E-state index contributed by atoms with van der Waals surface area (Å²) < 4.78 is 23.3. The zero-order chi connectivity index (χ0) is 11.6. The molecule has 15 heavy (non-hydrogen) atoms. The van der Waals surface area contributed by atoms with Crippen molar-refractivity contribution in [1.82, 2.24) is 4.98 Å². The lowest BCUT2D eigenvalue weighted by Gasteiger charge is -2.06. The van der Waals surface area contributed by atoms with Gasteiger partial charge in [-0.25, -0.2) is 8.42 Å². The van der Waals surface area contributed by atoms with Gasteiger partial charge < -0.3 is 0 Å². The molecule has 0 aliphatic heterocycles. The Morgan fingerprint density at radius 3 is 2.47 bits per heavy atom. The molecule has 1 rings (SSSR count). The van der Waals surface area contributed by atoms with Gasteiger partial charge in [-0.2, -0.15) is 5.26 Å². The molecular formula is C10H12N2O2S. The molecule has 0 aliphatic carbocycles. The largest absolute Gasteiger partial charge is 0.256 e. The van der Waals surface area contributed by atoms with Crippen LogP contribution < -0.4 is 0 Å². The summed E-state index contributed by atoms with van der Waals surface area (Å²) in [5, 5.41) is 8.79. The van der Waals surface area contributed by atoms with Crippen molar-refractivity contribution in [2.75, 3.05) is 5.75 Å². The topological polar surface area (TPSA) is 70.8 Å². The van der Waals surface area contributed by atoms with Crippen LogP contribution in [0, 0.1) is 25.2 Å². The number of sulfone groups is 1. The Balaban J connectivity index is 3.53. The van der Waals surface area contributed by atoms with E-state index in [1.807, 2.05) is 6.07 Å². The number of rotatable bonds is 2. The first-order valence-corrected chi connectivity index (χ1v) is 6.18. The molecule has 1 heterocycles. The van der Waals surface area contributed by atoms with Crippen molar-refractivity contribution in [2.45, 2.75) is 25.7 Å². The van der Waals surface area contributed by atoms with Gasteiger partial charge in [0, 0.05) is 0 Å². The summed E-state index contributed by atoms with van der Waals surface area (Å²) in [6.07, 6.45) is 0. The molecule has 0 atom stereocenters. The van der Waals surface area contributed by atoms with Crippen LogP contribution >= 0.6 is 0 Å². The van der Waals surface area contributed by atoms with E-state index in [1.54, 1.807) is 20.8 Å². The number of hydrogen-bond acceptors (Lipinski definition) is 4. The lowest BCUT2D eigenvalue weighted by Crippen LogP contribution is -2.08. The number of aryl methyl sites for hydroxylation is 2. The molecule has 0 fully saturated rings. The van der Waals surface area contributed by atoms with E-state index >= 15 is 0 Å². The Labute approximate surface area is 89.5 Å². The van der Waals surface area contributed by atoms with Gasteiger partial charge in [0.2, 0.25) is 0 Å². The van der Waals surface area contributed by atoms with Gasteiger partial charge in [-0.05, 0) is 19.9 Å². The maximum absolute atomic E-state index is 11.7. The molecule has 0 amide bonds. The first-order chi connectivity index (χ1) is 6.92. The normalized spacial score (nSPS) is 11.1. The summed E-state index contributed by atoms with van der Waals surface area (Å²) in [5.41, 5.74) is 1.33. The monoisotopic (exact) mass is 224 g/mol. The maximum atomic E-state index is 11.7. The zero-order valence-corrected chi connectivity index (χ0v) is 9.72. The van der Waals surface area contributed by atoms with Crippen LogP contribution in [0.1, 0.15) is 23.9 Å². The smallest absolute Gasteiger partial charge is 0.179 e. The van der Waals surface area contributed by atoms with Gasteiger partial charge in [-0.1, -0.05) is 6.92 Å². The van der Waals surface area contributed by atoms with Crippen LogP contribution in [0.25, 0.3) is 0 Å². The first kappa shape index (κ1) is 11.7. The van der Waals surface area contributed by atoms with Crippen LogP contribution in [0.3, 0.4) is 0 Å². The van der Waals surface area contributed by atoms with E-state index < -0.39 is 9.84 Å². The SMILES string of the molecule is CCS(=O)(=O)c1cc(C#N)c(C)nc1C. The highest BCUT2D eigenvalue weighted by Crippen LogP contribution is 2.18. The molecule has 0 radical (unpaired) electrons. The Bertz CT molecular complexity index is 527. The van der Waals surface area contributed by atoms with Crippen molar-refractivity contribution >= 4 is 9.84 Å². The number of hydrogen-bond donors (Lipinski definition) is 0. The van der Waals surface area contributed by atoms with Gasteiger partial charge in [0.15, 0.2) is 9.84 Å². The highest BCUT2D eigenvalue weighted by Gasteiger charge is 2.17. The number of pyridine rings is 1. The molecule has 0 aromatic carbocycles. The Kier molecular flexibility index (Phi) is 3.10. The summed E-state index contributed by atoms with van der Waals surface area (Å²) >= 11 is 0. The molecule has 4 nitrogen and oxygen atoms in total. The van der Waals surface area contributed by atoms with E-state index in [9.17, 15) is 8.42 Å². The molecule has 0 unspecified atom stereocenters. The van der Waals surface area contributed by atoms with Gasteiger partial charge in [-0.3, -0.25) is 4.98 Å². The number of nitrogens with zero attached hydrogens (tertiary/aromatic N) is 2. The number of aromatic nitrogens is 1. The van der Waals surface area contributed by atoms with Gasteiger partial charge >= 0.3 is 0 Å². The third-order valence-electron chi connectivity index (χ3n) is 2.19. The molecule has 0 bridgehead atoms. The summed E-state index contributed by atoms with van der Waals surface area (Å²) in [6, 6.07) is 3.33. The average molecular weight is 224 g/mol. The predicted octanol–water partition coefficient (Wildman–Crippen LogP) is 1.36. The zero-order valence-electron chi connectivity index (χ0n) is 8.90. The maximum Gasteiger partial charge on any atom is 0.179 e. The van der Waals surface area contributed by atoms with Crippen molar-refractivity contribution in [2.24, 2.45) is 0 Å². The summed E-state index contributed by atoms with van der Waals surface area (Å²) in [6.45, 7) is 4.89. The van der Waals surface area contributed by atoms with E-state index in [-0.39, 0.29) is 10.6 Å². The number of nitriles is 1. The molecule has 0 spiro atoms. The van der Waals surface area contributed by atoms with E-state index in [0.717, 1.165) is 0 Å². The molecule has 0 N–H and O–H groups in total. The highest BCUT2D eigenvalue weighted by atomic mass is 32.2. The van der Waals surface area contributed by atoms with Crippen LogP contribution in [0.2, 0.25) is 0 Å². The van der Waals surface area contributed by atoms with Gasteiger partial charge in [0.1, 0.15) is 6.07 Å². The van der Waals surface area contributed by atoms with E-state index in [0.29, 0.717) is 17.0 Å². The minimum absolute atomic E-state index is 0.0173. The van der Waals surface area contributed by atoms with Gasteiger partial charge in [-0.15, -0.1) is 0 Å². The minimum atomic E-state index is -3.29. The fourth-order valence-corrected chi connectivity index (χ4v) is 2.39. The molecule has 0 saturated carbocycles. The van der Waals surface area contributed by atoms with Crippen LogP contribution in [0.5, 0.6) is 0 Å². The predicted molar refractivity (Wildman–Crippen MR) is 56.2 cm³/mol. The molecule has 5 heteroatoms. The third-order valence-corrected chi connectivity index (χ3v) is 4.04. The molecule has 0 aliphatic rings. The molecular weight excluding hydrogens is 212 g/mol. The van der Waals surface area contributed by atoms with Crippen molar-refractivity contribution in [3.63, 3.8) is 0 Å². The lowest BCUT2D eigenvalue weighted by molar-refractivity contribution is 0.596. The fourth-order valence-electron chi connectivity index (χ4n) is 1.29. The summed E-state index contributed by atoms with van der Waals surface area (Å²) in [5.74, 6) is 0.0173. The molecule has 1 aromatic heterocycles. The second-order valence-electron chi connectivity index (χ2n) is 3.22.